The predicted molar refractivity (Wildman–Crippen MR) is 118 cm³/mol. The normalized spacial score (nSPS) is 21.9. The summed E-state index contributed by atoms with van der Waals surface area (Å²) in [6.07, 6.45) is 4.49. The van der Waals surface area contributed by atoms with Crippen LogP contribution in [0, 0.1) is 10.8 Å². The van der Waals surface area contributed by atoms with Crippen LogP contribution in [-0.4, -0.2) is 34.2 Å². The molecule has 3 rings (SSSR count). The van der Waals surface area contributed by atoms with Crippen LogP contribution in [-0.2, 0) is 9.59 Å². The fourth-order valence-electron chi connectivity index (χ4n) is 3.80. The summed E-state index contributed by atoms with van der Waals surface area (Å²) in [5.74, 6) is -0.0616. The van der Waals surface area contributed by atoms with Gasteiger partial charge in [-0.1, -0.05) is 27.7 Å². The first-order valence-electron chi connectivity index (χ1n) is 10.0. The summed E-state index contributed by atoms with van der Waals surface area (Å²) in [4.78, 5) is 33.1. The summed E-state index contributed by atoms with van der Waals surface area (Å²) in [7, 11) is 0. The molecule has 0 saturated carbocycles. The molecule has 0 heterocycles. The number of carbonyl (C=O) groups excluding carboxylic acids is 2. The summed E-state index contributed by atoms with van der Waals surface area (Å²) in [6, 6.07) is 6.94. The van der Waals surface area contributed by atoms with Gasteiger partial charge in [-0.15, -0.1) is 0 Å². The Kier molecular flexibility index (Phi) is 5.79. The molecule has 2 aliphatic rings. The maximum atomic E-state index is 12.2. The average Bonchev–Trinajstić information content (AvgIpc) is 2.59. The van der Waals surface area contributed by atoms with Crippen molar-refractivity contribution >= 4 is 35.4 Å². The van der Waals surface area contributed by atoms with Crippen molar-refractivity contribution in [2.75, 3.05) is 0 Å². The number of Topliss-reactive ketones (excluding diaryl/α,β-unsaturated/α-hetero) is 2. The van der Waals surface area contributed by atoms with Gasteiger partial charge in [0.2, 0.25) is 0 Å². The van der Waals surface area contributed by atoms with Crippen LogP contribution in [0.3, 0.4) is 0 Å². The van der Waals surface area contributed by atoms with Gasteiger partial charge in [0.25, 0.3) is 0 Å². The maximum absolute atomic E-state index is 12.2. The topological polar surface area (TPSA) is 99.3 Å². The third-order valence-corrected chi connectivity index (χ3v) is 5.33. The van der Waals surface area contributed by atoms with Crippen molar-refractivity contribution in [3.8, 4) is 0 Å². The molecule has 0 amide bonds. The zero-order valence-corrected chi connectivity index (χ0v) is 17.9. The Morgan fingerprint density at radius 2 is 1.03 bits per heavy atom. The van der Waals surface area contributed by atoms with Crippen molar-refractivity contribution in [3.05, 3.63) is 46.9 Å². The van der Waals surface area contributed by atoms with Crippen LogP contribution in [0.25, 0.3) is 0 Å². The molecular formula is C24H28N2O4. The Morgan fingerprint density at radius 3 is 1.33 bits per heavy atom. The van der Waals surface area contributed by atoms with Gasteiger partial charge in [-0.25, -0.2) is 0 Å². The Bertz CT molecular complexity index is 912. The van der Waals surface area contributed by atoms with Crippen molar-refractivity contribution in [1.29, 1.82) is 0 Å². The fraction of sp³-hybridized carbons (Fsp3) is 0.417. The molecule has 2 aliphatic carbocycles. The number of carbonyl (C=O) groups is 2. The summed E-state index contributed by atoms with van der Waals surface area (Å²) in [6.45, 7) is 7.80. The predicted octanol–water partition coefficient (Wildman–Crippen LogP) is 5.49. The lowest BCUT2D eigenvalue weighted by Gasteiger charge is -2.28. The molecule has 2 N–H and O–H groups in total. The van der Waals surface area contributed by atoms with E-state index < -0.39 is 0 Å². The van der Waals surface area contributed by atoms with E-state index in [4.69, 9.17) is 0 Å². The van der Waals surface area contributed by atoms with Crippen LogP contribution in [0.4, 0.5) is 11.4 Å². The van der Waals surface area contributed by atoms with Gasteiger partial charge in [0, 0.05) is 38.1 Å². The molecule has 0 saturated heterocycles. The molecule has 6 heteroatoms. The van der Waals surface area contributed by atoms with Crippen molar-refractivity contribution in [3.63, 3.8) is 0 Å². The average molecular weight is 408 g/mol. The minimum Gasteiger partial charge on any atom is -0.511 e. The van der Waals surface area contributed by atoms with Crippen molar-refractivity contribution in [2.24, 2.45) is 20.8 Å². The van der Waals surface area contributed by atoms with Gasteiger partial charge in [-0.3, -0.25) is 19.6 Å². The van der Waals surface area contributed by atoms with Gasteiger partial charge in [-0.2, -0.15) is 0 Å². The van der Waals surface area contributed by atoms with Gasteiger partial charge < -0.3 is 10.2 Å². The molecule has 6 nitrogen and oxygen atoms in total. The first-order valence-corrected chi connectivity index (χ1v) is 10.0. The Morgan fingerprint density at radius 1 is 0.700 bits per heavy atom. The number of benzene rings is 1. The molecule has 0 unspecified atom stereocenters. The molecule has 30 heavy (non-hydrogen) atoms. The highest BCUT2D eigenvalue weighted by atomic mass is 16.3. The van der Waals surface area contributed by atoms with Gasteiger partial charge in [-0.05, 0) is 35.1 Å². The lowest BCUT2D eigenvalue weighted by molar-refractivity contribution is -0.118. The third kappa shape index (κ3) is 5.12. The number of aliphatic imine (C=N–C) groups is 2. The quantitative estimate of drug-likeness (QED) is 0.643. The molecular weight excluding hydrogens is 380 g/mol. The summed E-state index contributed by atoms with van der Waals surface area (Å²) >= 11 is 0. The smallest absolute Gasteiger partial charge is 0.168 e. The van der Waals surface area contributed by atoms with Crippen LogP contribution in [0.5, 0.6) is 0 Å². The van der Waals surface area contributed by atoms with Crippen LogP contribution >= 0.6 is 0 Å². The Labute approximate surface area is 176 Å². The molecule has 0 atom stereocenters. The van der Waals surface area contributed by atoms with Crippen LogP contribution < -0.4 is 0 Å². The number of hydrogen-bond donors (Lipinski definition) is 2. The van der Waals surface area contributed by atoms with E-state index in [-0.39, 0.29) is 45.1 Å². The molecule has 0 aliphatic heterocycles. The van der Waals surface area contributed by atoms with Gasteiger partial charge in [0.05, 0.1) is 22.5 Å². The van der Waals surface area contributed by atoms with Crippen molar-refractivity contribution in [2.45, 2.75) is 53.4 Å². The van der Waals surface area contributed by atoms with E-state index in [1.54, 1.807) is 24.3 Å². The van der Waals surface area contributed by atoms with Crippen molar-refractivity contribution < 1.29 is 19.8 Å². The summed E-state index contributed by atoms with van der Waals surface area (Å²) < 4.78 is 0. The highest BCUT2D eigenvalue weighted by molar-refractivity contribution is 6.15. The van der Waals surface area contributed by atoms with E-state index >= 15 is 0 Å². The van der Waals surface area contributed by atoms with Gasteiger partial charge >= 0.3 is 0 Å². The maximum Gasteiger partial charge on any atom is 0.168 e. The number of hydrogen-bond acceptors (Lipinski definition) is 6. The van der Waals surface area contributed by atoms with Gasteiger partial charge in [0.15, 0.2) is 11.6 Å². The van der Waals surface area contributed by atoms with E-state index in [9.17, 15) is 19.8 Å². The van der Waals surface area contributed by atoms with E-state index in [1.807, 2.05) is 27.7 Å². The number of rotatable bonds is 4. The SMILES string of the molecule is CC1(C)CC(=O)C(C=Nc2ccc(N=CC3=C(O)CC(C)(C)CC3=O)cc2)=C(O)C1. The number of ketones is 2. The first-order chi connectivity index (χ1) is 14.0. The van der Waals surface area contributed by atoms with Crippen LogP contribution in [0.2, 0.25) is 0 Å². The van der Waals surface area contributed by atoms with Gasteiger partial charge in [0.1, 0.15) is 11.5 Å². The lowest BCUT2D eigenvalue weighted by Crippen LogP contribution is -2.26. The van der Waals surface area contributed by atoms with E-state index in [0.29, 0.717) is 37.1 Å². The monoisotopic (exact) mass is 408 g/mol. The summed E-state index contributed by atoms with van der Waals surface area (Å²) in [5.41, 5.74) is 1.28. The molecule has 0 bridgehead atoms. The molecule has 0 radical (unpaired) electrons. The largest absolute Gasteiger partial charge is 0.511 e. The zero-order valence-electron chi connectivity index (χ0n) is 17.9. The second-order valence-corrected chi connectivity index (χ2v) is 9.64. The zero-order chi connectivity index (χ0) is 22.1. The second kappa shape index (κ2) is 8.01. The van der Waals surface area contributed by atoms with E-state index in [0.717, 1.165) is 0 Å². The molecule has 1 aromatic carbocycles. The lowest BCUT2D eigenvalue weighted by atomic mass is 9.77. The highest BCUT2D eigenvalue weighted by Gasteiger charge is 2.33. The van der Waals surface area contributed by atoms with Crippen LogP contribution in [0.15, 0.2) is 56.9 Å². The fourth-order valence-corrected chi connectivity index (χ4v) is 3.80. The standard InChI is InChI=1S/C24H28N2O4/c1-23(2)9-19(27)17(20(28)10-23)13-25-15-5-7-16(8-6-15)26-14-18-21(29)11-24(3,4)12-22(18)30/h5-8,13-14,27,29H,9-12H2,1-4H3. The molecule has 0 spiro atoms. The Hall–Kier alpha value is -3.02. The Balaban J connectivity index is 1.72. The van der Waals surface area contributed by atoms with Crippen molar-refractivity contribution in [1.82, 2.24) is 0 Å². The second-order valence-electron chi connectivity index (χ2n) is 9.64. The number of aliphatic hydroxyl groups excluding tert-OH is 2. The molecule has 0 aromatic heterocycles. The summed E-state index contributed by atoms with van der Waals surface area (Å²) in [5, 5.41) is 20.3. The van der Waals surface area contributed by atoms with Crippen LogP contribution in [0.1, 0.15) is 53.4 Å². The number of aliphatic hydroxyl groups is 2. The minimum atomic E-state index is -0.239. The molecule has 0 fully saturated rings. The minimum absolute atomic E-state index is 0.0784. The third-order valence-electron chi connectivity index (χ3n) is 5.33. The van der Waals surface area contributed by atoms with E-state index in [2.05, 4.69) is 9.98 Å². The molecule has 1 aromatic rings. The first kappa shape index (κ1) is 21.7. The van der Waals surface area contributed by atoms with E-state index in [1.165, 1.54) is 12.4 Å². The number of allylic oxidation sites excluding steroid dienone is 4. The molecule has 158 valence electrons. The highest BCUT2D eigenvalue weighted by Crippen LogP contribution is 2.36. The number of nitrogens with zero attached hydrogens (tertiary/aromatic N) is 2.